The third-order valence-corrected chi connectivity index (χ3v) is 8.08. The van der Waals surface area contributed by atoms with E-state index >= 15 is 0 Å². The first kappa shape index (κ1) is 23.1. The topological polar surface area (TPSA) is 65.0 Å². The molecule has 3 fully saturated rings. The quantitative estimate of drug-likeness (QED) is 0.612. The van der Waals surface area contributed by atoms with Gasteiger partial charge in [-0.2, -0.15) is 0 Å². The van der Waals surface area contributed by atoms with Gasteiger partial charge in [-0.25, -0.2) is 0 Å². The van der Waals surface area contributed by atoms with Gasteiger partial charge < -0.3 is 19.4 Å². The van der Waals surface area contributed by atoms with Crippen LogP contribution in [-0.2, 0) is 4.74 Å². The molecule has 0 saturated carbocycles. The summed E-state index contributed by atoms with van der Waals surface area (Å²) >= 11 is 13.4. The molecule has 0 aliphatic carbocycles. The van der Waals surface area contributed by atoms with Gasteiger partial charge in [0.25, 0.3) is 5.91 Å². The third-order valence-electron chi connectivity index (χ3n) is 6.60. The number of anilines is 2. The second kappa shape index (κ2) is 10.3. The van der Waals surface area contributed by atoms with Crippen LogP contribution >= 0.6 is 34.5 Å². The molecule has 0 spiro atoms. The molecule has 11 heteroatoms. The maximum atomic E-state index is 12.7. The molecule has 2 aromatic rings. The van der Waals surface area contributed by atoms with E-state index in [-0.39, 0.29) is 5.91 Å². The molecule has 3 aliphatic heterocycles. The molecule has 3 aliphatic rings. The van der Waals surface area contributed by atoms with Crippen molar-refractivity contribution in [1.29, 1.82) is 0 Å². The molecule has 2 aromatic heterocycles. The smallest absolute Gasteiger partial charge is 0.256 e. The number of nitrogens with zero attached hydrogens (tertiary/aromatic N) is 6. The van der Waals surface area contributed by atoms with E-state index in [9.17, 15) is 4.79 Å². The Kier molecular flexibility index (Phi) is 7.22. The van der Waals surface area contributed by atoms with Crippen LogP contribution in [0, 0.1) is 0 Å². The first-order valence-electron chi connectivity index (χ1n) is 11.5. The highest BCUT2D eigenvalue weighted by Gasteiger charge is 2.27. The lowest BCUT2D eigenvalue weighted by Crippen LogP contribution is -2.49. The van der Waals surface area contributed by atoms with Crippen LogP contribution in [0.4, 0.5) is 11.6 Å². The number of ether oxygens (including phenoxy) is 1. The summed E-state index contributed by atoms with van der Waals surface area (Å²) in [4.78, 5) is 21.5. The Bertz CT molecular complexity index is 952. The van der Waals surface area contributed by atoms with Gasteiger partial charge in [0.2, 0.25) is 0 Å². The number of aromatic nitrogens is 2. The number of amides is 1. The van der Waals surface area contributed by atoms with Crippen molar-refractivity contribution in [3.63, 3.8) is 0 Å². The van der Waals surface area contributed by atoms with E-state index in [4.69, 9.17) is 27.9 Å². The molecule has 8 nitrogen and oxygen atoms in total. The van der Waals surface area contributed by atoms with E-state index in [1.54, 1.807) is 6.07 Å². The summed E-state index contributed by atoms with van der Waals surface area (Å²) in [5, 5.41) is 8.99. The van der Waals surface area contributed by atoms with Crippen LogP contribution in [0.3, 0.4) is 0 Å². The average molecular weight is 511 g/mol. The van der Waals surface area contributed by atoms with E-state index in [2.05, 4.69) is 31.0 Å². The number of rotatable bonds is 5. The zero-order valence-electron chi connectivity index (χ0n) is 18.5. The molecule has 33 heavy (non-hydrogen) atoms. The van der Waals surface area contributed by atoms with Gasteiger partial charge in [-0.05, 0) is 31.0 Å². The summed E-state index contributed by atoms with van der Waals surface area (Å²) in [5.41, 5.74) is 0.486. The Morgan fingerprint density at radius 2 is 1.64 bits per heavy atom. The number of hydrogen-bond donors (Lipinski definition) is 0. The van der Waals surface area contributed by atoms with Crippen molar-refractivity contribution in [2.24, 2.45) is 0 Å². The Hall–Kier alpha value is -1.65. The monoisotopic (exact) mass is 510 g/mol. The summed E-state index contributed by atoms with van der Waals surface area (Å²) in [7, 11) is 0. The number of halogens is 2. The lowest BCUT2D eigenvalue weighted by Gasteiger charge is -2.37. The summed E-state index contributed by atoms with van der Waals surface area (Å²) in [6.45, 7) is 8.55. The molecule has 1 amide bonds. The van der Waals surface area contributed by atoms with Gasteiger partial charge in [-0.3, -0.25) is 9.69 Å². The maximum absolute atomic E-state index is 12.7. The Morgan fingerprint density at radius 3 is 2.15 bits per heavy atom. The summed E-state index contributed by atoms with van der Waals surface area (Å²) in [6.07, 6.45) is 2.79. The fraction of sp³-hybridized carbons (Fsp3) is 0.591. The molecule has 178 valence electrons. The lowest BCUT2D eigenvalue weighted by atomic mass is 10.2. The van der Waals surface area contributed by atoms with Crippen LogP contribution in [0.5, 0.6) is 0 Å². The van der Waals surface area contributed by atoms with Gasteiger partial charge in [0, 0.05) is 65.5 Å². The molecule has 5 heterocycles. The zero-order valence-corrected chi connectivity index (χ0v) is 20.8. The standard InChI is InChI=1S/C22H28Cl2N6O2S/c23-18-14-17(21(24)33-18)22(31)30-11-9-29(10-12-30)20-4-3-19(25-26-20)28-7-5-27(6-8-28)15-16-2-1-13-32-16/h3-4,14,16H,1-2,5-13,15H2. The zero-order chi connectivity index (χ0) is 22.8. The van der Waals surface area contributed by atoms with Crippen molar-refractivity contribution >= 4 is 52.1 Å². The molecule has 0 bridgehead atoms. The van der Waals surface area contributed by atoms with Crippen LogP contribution in [-0.4, -0.2) is 97.5 Å². The normalized spacial score (nSPS) is 22.2. The minimum Gasteiger partial charge on any atom is -0.377 e. The first-order chi connectivity index (χ1) is 16.1. The number of carbonyl (C=O) groups excluding carboxylic acids is 1. The van der Waals surface area contributed by atoms with Crippen LogP contribution in [0.2, 0.25) is 8.67 Å². The van der Waals surface area contributed by atoms with Gasteiger partial charge in [-0.15, -0.1) is 21.5 Å². The van der Waals surface area contributed by atoms with Gasteiger partial charge in [-0.1, -0.05) is 23.2 Å². The predicted molar refractivity (Wildman–Crippen MR) is 132 cm³/mol. The van der Waals surface area contributed by atoms with Crippen molar-refractivity contribution in [2.75, 3.05) is 75.3 Å². The second-order valence-electron chi connectivity index (χ2n) is 8.69. The van der Waals surface area contributed by atoms with Crippen molar-refractivity contribution in [2.45, 2.75) is 18.9 Å². The number of carbonyl (C=O) groups is 1. The summed E-state index contributed by atoms with van der Waals surface area (Å²) in [6, 6.07) is 5.74. The van der Waals surface area contributed by atoms with Crippen molar-refractivity contribution in [3.8, 4) is 0 Å². The molecule has 0 N–H and O–H groups in total. The van der Waals surface area contributed by atoms with Crippen LogP contribution in [0.1, 0.15) is 23.2 Å². The summed E-state index contributed by atoms with van der Waals surface area (Å²) < 4.78 is 6.75. The average Bonchev–Trinajstić information content (AvgIpc) is 3.48. The lowest BCUT2D eigenvalue weighted by molar-refractivity contribution is 0.0712. The molecule has 1 unspecified atom stereocenters. The van der Waals surface area contributed by atoms with E-state index in [0.717, 1.165) is 51.0 Å². The fourth-order valence-corrected chi connectivity index (χ4v) is 6.13. The molecule has 0 radical (unpaired) electrons. The Balaban J connectivity index is 1.11. The highest BCUT2D eigenvalue weighted by atomic mass is 35.5. The van der Waals surface area contributed by atoms with E-state index in [1.165, 1.54) is 24.2 Å². The molecule has 3 saturated heterocycles. The van der Waals surface area contributed by atoms with Crippen molar-refractivity contribution in [3.05, 3.63) is 32.4 Å². The second-order valence-corrected chi connectivity index (χ2v) is 11.0. The van der Waals surface area contributed by atoms with E-state index in [0.29, 0.717) is 46.5 Å². The van der Waals surface area contributed by atoms with Crippen LogP contribution < -0.4 is 9.80 Å². The third kappa shape index (κ3) is 5.38. The van der Waals surface area contributed by atoms with Gasteiger partial charge >= 0.3 is 0 Å². The van der Waals surface area contributed by atoms with E-state index in [1.807, 2.05) is 11.0 Å². The molecule has 1 atom stereocenters. The van der Waals surface area contributed by atoms with Crippen LogP contribution in [0.15, 0.2) is 18.2 Å². The molecule has 0 aromatic carbocycles. The number of thiophene rings is 1. The molecular formula is C22H28Cl2N6O2S. The van der Waals surface area contributed by atoms with Gasteiger partial charge in [0.15, 0.2) is 11.6 Å². The minimum atomic E-state index is -0.0668. The fourth-order valence-electron chi connectivity index (χ4n) is 4.69. The molecule has 5 rings (SSSR count). The SMILES string of the molecule is O=C(c1cc(Cl)sc1Cl)N1CCN(c2ccc(N3CCN(CC4CCCO4)CC3)nn2)CC1. The number of piperazine rings is 2. The number of hydrogen-bond acceptors (Lipinski definition) is 8. The molecular weight excluding hydrogens is 483 g/mol. The maximum Gasteiger partial charge on any atom is 0.256 e. The largest absolute Gasteiger partial charge is 0.377 e. The van der Waals surface area contributed by atoms with Gasteiger partial charge in [0.05, 0.1) is 16.0 Å². The van der Waals surface area contributed by atoms with Gasteiger partial charge in [0.1, 0.15) is 4.34 Å². The Labute approximate surface area is 208 Å². The van der Waals surface area contributed by atoms with Crippen molar-refractivity contribution < 1.29 is 9.53 Å². The highest BCUT2D eigenvalue weighted by molar-refractivity contribution is 7.20. The minimum absolute atomic E-state index is 0.0668. The van der Waals surface area contributed by atoms with E-state index < -0.39 is 0 Å². The highest BCUT2D eigenvalue weighted by Crippen LogP contribution is 2.32. The summed E-state index contributed by atoms with van der Waals surface area (Å²) in [5.74, 6) is 1.70. The van der Waals surface area contributed by atoms with Crippen LogP contribution in [0.25, 0.3) is 0 Å². The first-order valence-corrected chi connectivity index (χ1v) is 13.1. The van der Waals surface area contributed by atoms with Crippen molar-refractivity contribution in [1.82, 2.24) is 20.0 Å². The Morgan fingerprint density at radius 1 is 1.00 bits per heavy atom. The predicted octanol–water partition coefficient (Wildman–Crippen LogP) is 3.11.